The smallest absolute Gasteiger partial charge is 0.420 e. The van der Waals surface area contributed by atoms with Gasteiger partial charge < -0.3 is 15.2 Å². The molecule has 2 N–H and O–H groups in total. The Labute approximate surface area is 124 Å². The lowest BCUT2D eigenvalue weighted by Crippen LogP contribution is -2.55. The first-order chi connectivity index (χ1) is 9.52. The van der Waals surface area contributed by atoms with E-state index in [1.807, 2.05) is 0 Å². The molecule has 0 aromatic heterocycles. The SMILES string of the molecule is CCC(=O)OC1(N(C(=O)OC(C)(C)C)C(=O)[C@H](C)N)CC1. The number of rotatable bonds is 4. The maximum atomic E-state index is 12.3. The van der Waals surface area contributed by atoms with Crippen LogP contribution in [0, 0.1) is 0 Å². The van der Waals surface area contributed by atoms with Crippen molar-refractivity contribution in [3.05, 3.63) is 0 Å². The van der Waals surface area contributed by atoms with Gasteiger partial charge >= 0.3 is 12.1 Å². The summed E-state index contributed by atoms with van der Waals surface area (Å²) in [5.74, 6) is -1.09. The maximum Gasteiger partial charge on any atom is 0.420 e. The van der Waals surface area contributed by atoms with Gasteiger partial charge in [0.25, 0.3) is 5.91 Å². The second-order valence-electron chi connectivity index (χ2n) is 6.22. The Hall–Kier alpha value is -1.63. The van der Waals surface area contributed by atoms with Crippen molar-refractivity contribution in [3.8, 4) is 0 Å². The van der Waals surface area contributed by atoms with Gasteiger partial charge in [-0.1, -0.05) is 6.92 Å². The number of nitrogens with zero attached hydrogens (tertiary/aromatic N) is 1. The van der Waals surface area contributed by atoms with Crippen LogP contribution in [0.1, 0.15) is 53.9 Å². The number of hydrogen-bond donors (Lipinski definition) is 1. The maximum absolute atomic E-state index is 12.3. The Balaban J connectivity index is 3.01. The van der Waals surface area contributed by atoms with Crippen LogP contribution in [0.4, 0.5) is 4.79 Å². The molecule has 120 valence electrons. The molecule has 0 aliphatic heterocycles. The van der Waals surface area contributed by atoms with Gasteiger partial charge in [-0.25, -0.2) is 9.69 Å². The molecule has 1 aliphatic carbocycles. The molecule has 1 saturated carbocycles. The standard InChI is InChI=1S/C14H24N2O5/c1-6-10(17)20-14(7-8-14)16(11(18)9(2)15)12(19)21-13(3,4)5/h9H,6-8,15H2,1-5H3/t9-/m0/s1. The largest absolute Gasteiger partial charge is 0.443 e. The predicted octanol–water partition coefficient (Wildman–Crippen LogP) is 1.54. The van der Waals surface area contributed by atoms with E-state index in [0.717, 1.165) is 4.90 Å². The summed E-state index contributed by atoms with van der Waals surface area (Å²) in [4.78, 5) is 36.9. The van der Waals surface area contributed by atoms with Crippen LogP contribution in [-0.4, -0.2) is 40.2 Å². The molecule has 0 aromatic carbocycles. The zero-order chi connectivity index (χ0) is 16.4. The molecule has 1 aliphatic rings. The Morgan fingerprint density at radius 2 is 1.81 bits per heavy atom. The van der Waals surface area contributed by atoms with Gasteiger partial charge in [-0.3, -0.25) is 9.59 Å². The highest BCUT2D eigenvalue weighted by Gasteiger charge is 2.58. The van der Waals surface area contributed by atoms with E-state index in [1.165, 1.54) is 6.92 Å². The van der Waals surface area contributed by atoms with E-state index < -0.39 is 35.3 Å². The third kappa shape index (κ3) is 4.42. The van der Waals surface area contributed by atoms with Crippen molar-refractivity contribution < 1.29 is 23.9 Å². The van der Waals surface area contributed by atoms with Crippen LogP contribution in [0.3, 0.4) is 0 Å². The first-order valence-electron chi connectivity index (χ1n) is 7.07. The quantitative estimate of drug-likeness (QED) is 0.624. The summed E-state index contributed by atoms with van der Waals surface area (Å²) in [6.07, 6.45) is 0.120. The van der Waals surface area contributed by atoms with Gasteiger partial charge in [0.1, 0.15) is 5.60 Å². The van der Waals surface area contributed by atoms with E-state index >= 15 is 0 Å². The predicted molar refractivity (Wildman–Crippen MR) is 75.1 cm³/mol. The minimum Gasteiger partial charge on any atom is -0.443 e. The van der Waals surface area contributed by atoms with Gasteiger partial charge in [0.2, 0.25) is 0 Å². The van der Waals surface area contributed by atoms with Crippen LogP contribution in [0.15, 0.2) is 0 Å². The fraction of sp³-hybridized carbons (Fsp3) is 0.786. The molecule has 1 atom stereocenters. The zero-order valence-corrected chi connectivity index (χ0v) is 13.3. The minimum atomic E-state index is -1.24. The van der Waals surface area contributed by atoms with Crippen molar-refractivity contribution >= 4 is 18.0 Å². The summed E-state index contributed by atoms with van der Waals surface area (Å²) >= 11 is 0. The normalized spacial score (nSPS) is 17.6. The third-order valence-corrected chi connectivity index (χ3v) is 2.86. The van der Waals surface area contributed by atoms with E-state index in [9.17, 15) is 14.4 Å². The van der Waals surface area contributed by atoms with Crippen LogP contribution in [-0.2, 0) is 19.1 Å². The summed E-state index contributed by atoms with van der Waals surface area (Å²) in [5, 5.41) is 0. The van der Waals surface area contributed by atoms with E-state index in [0.29, 0.717) is 12.8 Å². The van der Waals surface area contributed by atoms with E-state index in [2.05, 4.69) is 0 Å². The van der Waals surface area contributed by atoms with Crippen LogP contribution >= 0.6 is 0 Å². The number of imide groups is 1. The Morgan fingerprint density at radius 1 is 1.29 bits per heavy atom. The summed E-state index contributed by atoms with van der Waals surface area (Å²) in [6.45, 7) is 8.19. The monoisotopic (exact) mass is 300 g/mol. The number of amides is 2. The molecule has 0 saturated heterocycles. The van der Waals surface area contributed by atoms with Crippen LogP contribution in [0.5, 0.6) is 0 Å². The van der Waals surface area contributed by atoms with E-state index in [1.54, 1.807) is 27.7 Å². The highest BCUT2D eigenvalue weighted by molar-refractivity contribution is 5.96. The number of carbonyl (C=O) groups excluding carboxylic acids is 3. The van der Waals surface area contributed by atoms with Gasteiger partial charge in [0.15, 0.2) is 5.72 Å². The molecule has 0 spiro atoms. The van der Waals surface area contributed by atoms with Gasteiger partial charge in [-0.15, -0.1) is 0 Å². The number of esters is 1. The molecular weight excluding hydrogens is 276 g/mol. The highest BCUT2D eigenvalue weighted by atomic mass is 16.6. The summed E-state index contributed by atoms with van der Waals surface area (Å²) in [6, 6.07) is -0.893. The summed E-state index contributed by atoms with van der Waals surface area (Å²) < 4.78 is 10.5. The van der Waals surface area contributed by atoms with Gasteiger partial charge in [0, 0.05) is 19.3 Å². The van der Waals surface area contributed by atoms with Crippen LogP contribution < -0.4 is 5.73 Å². The van der Waals surface area contributed by atoms with Crippen molar-refractivity contribution in [2.45, 2.75) is 71.2 Å². The Kier molecular flexibility index (Phi) is 4.99. The Morgan fingerprint density at radius 3 is 2.14 bits per heavy atom. The van der Waals surface area contributed by atoms with Gasteiger partial charge in [-0.05, 0) is 27.7 Å². The highest BCUT2D eigenvalue weighted by Crippen LogP contribution is 2.44. The Bertz CT molecular complexity index is 435. The lowest BCUT2D eigenvalue weighted by Gasteiger charge is -2.32. The molecule has 1 fully saturated rings. The lowest BCUT2D eigenvalue weighted by molar-refractivity contribution is -0.167. The molecule has 0 bridgehead atoms. The average molecular weight is 300 g/mol. The molecular formula is C14H24N2O5. The summed E-state index contributed by atoms with van der Waals surface area (Å²) in [7, 11) is 0. The first kappa shape index (κ1) is 17.4. The van der Waals surface area contributed by atoms with Crippen LogP contribution in [0.25, 0.3) is 0 Å². The molecule has 0 unspecified atom stereocenters. The second kappa shape index (κ2) is 6.01. The molecule has 7 heteroatoms. The molecule has 7 nitrogen and oxygen atoms in total. The van der Waals surface area contributed by atoms with Crippen molar-refractivity contribution in [2.24, 2.45) is 5.73 Å². The third-order valence-electron chi connectivity index (χ3n) is 2.86. The molecule has 21 heavy (non-hydrogen) atoms. The number of nitrogens with two attached hydrogens (primary N) is 1. The van der Waals surface area contributed by atoms with Gasteiger partial charge in [0.05, 0.1) is 6.04 Å². The van der Waals surface area contributed by atoms with E-state index in [-0.39, 0.29) is 6.42 Å². The zero-order valence-electron chi connectivity index (χ0n) is 13.3. The van der Waals surface area contributed by atoms with Crippen LogP contribution in [0.2, 0.25) is 0 Å². The number of hydrogen-bond acceptors (Lipinski definition) is 6. The first-order valence-corrected chi connectivity index (χ1v) is 7.07. The molecule has 0 aromatic rings. The molecule has 2 amide bonds. The molecule has 1 rings (SSSR count). The fourth-order valence-corrected chi connectivity index (χ4v) is 1.73. The number of ether oxygens (including phenoxy) is 2. The van der Waals surface area contributed by atoms with Crippen molar-refractivity contribution in [2.75, 3.05) is 0 Å². The molecule has 0 radical (unpaired) electrons. The second-order valence-corrected chi connectivity index (χ2v) is 6.22. The van der Waals surface area contributed by atoms with Crippen molar-refractivity contribution in [1.82, 2.24) is 4.90 Å². The van der Waals surface area contributed by atoms with Crippen molar-refractivity contribution in [1.29, 1.82) is 0 Å². The van der Waals surface area contributed by atoms with Crippen molar-refractivity contribution in [3.63, 3.8) is 0 Å². The molecule has 0 heterocycles. The topological polar surface area (TPSA) is 98.9 Å². The summed E-state index contributed by atoms with van der Waals surface area (Å²) in [5.41, 5.74) is 3.59. The minimum absolute atomic E-state index is 0.163. The van der Waals surface area contributed by atoms with E-state index in [4.69, 9.17) is 15.2 Å². The average Bonchev–Trinajstić information content (AvgIpc) is 3.06. The lowest BCUT2D eigenvalue weighted by atomic mass is 10.2. The van der Waals surface area contributed by atoms with Gasteiger partial charge in [-0.2, -0.15) is 0 Å². The fourth-order valence-electron chi connectivity index (χ4n) is 1.73. The number of carbonyl (C=O) groups is 3.